The summed E-state index contributed by atoms with van der Waals surface area (Å²) in [5.74, 6) is 0.503. The minimum atomic E-state index is -0.155. The van der Waals surface area contributed by atoms with E-state index in [-0.39, 0.29) is 6.10 Å². The van der Waals surface area contributed by atoms with Gasteiger partial charge in [-0.2, -0.15) is 0 Å². The van der Waals surface area contributed by atoms with Crippen LogP contribution in [0.25, 0.3) is 0 Å². The lowest BCUT2D eigenvalue weighted by atomic mass is 9.83. The van der Waals surface area contributed by atoms with E-state index in [9.17, 15) is 5.11 Å². The summed E-state index contributed by atoms with van der Waals surface area (Å²) in [5, 5.41) is 9.64. The van der Waals surface area contributed by atoms with Crippen LogP contribution in [0.1, 0.15) is 40.0 Å². The second kappa shape index (κ2) is 5.32. The topological polar surface area (TPSA) is 20.2 Å². The van der Waals surface area contributed by atoms with Crippen LogP contribution < -0.4 is 0 Å². The number of rotatable bonds is 4. The van der Waals surface area contributed by atoms with Gasteiger partial charge in [0.2, 0.25) is 0 Å². The zero-order valence-electron chi connectivity index (χ0n) is 10.1. The van der Waals surface area contributed by atoms with Gasteiger partial charge >= 0.3 is 0 Å². The Labute approximate surface area is 93.2 Å². The minimum Gasteiger partial charge on any atom is -0.393 e. The molecule has 0 bridgehead atoms. The maximum atomic E-state index is 9.64. The molecule has 1 N–H and O–H groups in total. The van der Waals surface area contributed by atoms with Crippen LogP contribution in [-0.2, 0) is 0 Å². The summed E-state index contributed by atoms with van der Waals surface area (Å²) in [7, 11) is 0. The number of aliphatic hydroxyl groups excluding tert-OH is 1. The SMILES string of the molecule is C=CC1=C(C)CC(CC(O)CC)C=C1C. The predicted molar refractivity (Wildman–Crippen MR) is 65.7 cm³/mol. The summed E-state index contributed by atoms with van der Waals surface area (Å²) in [6.45, 7) is 10.2. The first kappa shape index (κ1) is 12.3. The monoisotopic (exact) mass is 206 g/mol. The molecule has 2 atom stereocenters. The lowest BCUT2D eigenvalue weighted by Gasteiger charge is -2.24. The number of allylic oxidation sites excluding steroid dienone is 5. The van der Waals surface area contributed by atoms with E-state index >= 15 is 0 Å². The van der Waals surface area contributed by atoms with Crippen LogP contribution in [-0.4, -0.2) is 11.2 Å². The van der Waals surface area contributed by atoms with Gasteiger partial charge in [0, 0.05) is 0 Å². The van der Waals surface area contributed by atoms with E-state index in [1.165, 1.54) is 16.7 Å². The standard InChI is InChI=1S/C14H22O/c1-5-13(15)9-12-7-10(3)14(6-2)11(4)8-12/h6-7,12-13,15H,2,5,8-9H2,1,3-4H3. The maximum absolute atomic E-state index is 9.64. The molecule has 0 radical (unpaired) electrons. The lowest BCUT2D eigenvalue weighted by molar-refractivity contribution is 0.146. The Hall–Kier alpha value is -0.820. The van der Waals surface area contributed by atoms with Gasteiger partial charge in [0.15, 0.2) is 0 Å². The Kier molecular flexibility index (Phi) is 4.34. The maximum Gasteiger partial charge on any atom is 0.0543 e. The lowest BCUT2D eigenvalue weighted by Crippen LogP contribution is -2.14. The second-order valence-corrected chi connectivity index (χ2v) is 4.51. The molecule has 84 valence electrons. The van der Waals surface area contributed by atoms with E-state index in [4.69, 9.17) is 0 Å². The highest BCUT2D eigenvalue weighted by atomic mass is 16.3. The van der Waals surface area contributed by atoms with Crippen LogP contribution in [0.3, 0.4) is 0 Å². The quantitative estimate of drug-likeness (QED) is 0.745. The van der Waals surface area contributed by atoms with Crippen LogP contribution in [0.15, 0.2) is 35.5 Å². The highest BCUT2D eigenvalue weighted by Crippen LogP contribution is 2.31. The molecular weight excluding hydrogens is 184 g/mol. The van der Waals surface area contributed by atoms with E-state index in [0.717, 1.165) is 19.3 Å². The fourth-order valence-corrected chi connectivity index (χ4v) is 2.34. The van der Waals surface area contributed by atoms with E-state index in [1.54, 1.807) is 0 Å². The zero-order chi connectivity index (χ0) is 11.4. The van der Waals surface area contributed by atoms with Crippen molar-refractivity contribution in [3.8, 4) is 0 Å². The molecule has 0 saturated carbocycles. The molecule has 0 heterocycles. The van der Waals surface area contributed by atoms with Crippen molar-refractivity contribution in [1.82, 2.24) is 0 Å². The fourth-order valence-electron chi connectivity index (χ4n) is 2.34. The van der Waals surface area contributed by atoms with Crippen LogP contribution >= 0.6 is 0 Å². The van der Waals surface area contributed by atoms with Crippen molar-refractivity contribution in [2.45, 2.75) is 46.1 Å². The molecule has 0 aromatic carbocycles. The van der Waals surface area contributed by atoms with Crippen molar-refractivity contribution < 1.29 is 5.11 Å². The molecule has 0 fully saturated rings. The summed E-state index contributed by atoms with van der Waals surface area (Å²) in [5.41, 5.74) is 4.00. The van der Waals surface area contributed by atoms with Crippen molar-refractivity contribution in [3.63, 3.8) is 0 Å². The summed E-state index contributed by atoms with van der Waals surface area (Å²) < 4.78 is 0. The number of hydrogen-bond acceptors (Lipinski definition) is 1. The molecule has 0 aromatic heterocycles. The average molecular weight is 206 g/mol. The minimum absolute atomic E-state index is 0.155. The molecule has 1 nitrogen and oxygen atoms in total. The van der Waals surface area contributed by atoms with Crippen molar-refractivity contribution in [2.75, 3.05) is 0 Å². The third-order valence-electron chi connectivity index (χ3n) is 3.19. The normalized spacial score (nSPS) is 23.7. The predicted octanol–water partition coefficient (Wildman–Crippen LogP) is 3.62. The third-order valence-corrected chi connectivity index (χ3v) is 3.19. The van der Waals surface area contributed by atoms with Crippen molar-refractivity contribution in [3.05, 3.63) is 35.5 Å². The molecule has 1 heteroatoms. The van der Waals surface area contributed by atoms with Gasteiger partial charge in [-0.05, 0) is 50.2 Å². The van der Waals surface area contributed by atoms with E-state index < -0.39 is 0 Å². The fraction of sp³-hybridized carbons (Fsp3) is 0.571. The second-order valence-electron chi connectivity index (χ2n) is 4.51. The van der Waals surface area contributed by atoms with Gasteiger partial charge in [0.05, 0.1) is 6.10 Å². The highest BCUT2D eigenvalue weighted by Gasteiger charge is 2.18. The Balaban J connectivity index is 2.71. The van der Waals surface area contributed by atoms with E-state index in [1.807, 2.05) is 13.0 Å². The van der Waals surface area contributed by atoms with Gasteiger partial charge in [-0.25, -0.2) is 0 Å². The Morgan fingerprint density at radius 3 is 2.73 bits per heavy atom. The Bertz CT molecular complexity index is 296. The summed E-state index contributed by atoms with van der Waals surface area (Å²) in [4.78, 5) is 0. The number of hydrogen-bond donors (Lipinski definition) is 1. The summed E-state index contributed by atoms with van der Waals surface area (Å²) in [6, 6.07) is 0. The van der Waals surface area contributed by atoms with Gasteiger partial charge in [-0.3, -0.25) is 0 Å². The third kappa shape index (κ3) is 3.07. The van der Waals surface area contributed by atoms with E-state index in [2.05, 4.69) is 26.5 Å². The highest BCUT2D eigenvalue weighted by molar-refractivity contribution is 5.44. The summed E-state index contributed by atoms with van der Waals surface area (Å²) in [6.07, 6.45) is 6.86. The van der Waals surface area contributed by atoms with Crippen molar-refractivity contribution in [2.24, 2.45) is 5.92 Å². The van der Waals surface area contributed by atoms with Crippen molar-refractivity contribution in [1.29, 1.82) is 0 Å². The smallest absolute Gasteiger partial charge is 0.0543 e. The molecule has 1 rings (SSSR count). The molecule has 15 heavy (non-hydrogen) atoms. The molecule has 0 saturated heterocycles. The largest absolute Gasteiger partial charge is 0.393 e. The first-order chi connectivity index (χ1) is 7.08. The van der Waals surface area contributed by atoms with Crippen molar-refractivity contribution >= 4 is 0 Å². The van der Waals surface area contributed by atoms with Gasteiger partial charge in [-0.15, -0.1) is 0 Å². The molecule has 0 amide bonds. The molecule has 2 unspecified atom stereocenters. The molecule has 0 aromatic rings. The van der Waals surface area contributed by atoms with Crippen LogP contribution in [0.4, 0.5) is 0 Å². The first-order valence-electron chi connectivity index (χ1n) is 5.77. The van der Waals surface area contributed by atoms with Gasteiger partial charge < -0.3 is 5.11 Å². The first-order valence-corrected chi connectivity index (χ1v) is 5.77. The molecule has 0 aliphatic heterocycles. The number of aliphatic hydroxyl groups is 1. The molecule has 1 aliphatic rings. The van der Waals surface area contributed by atoms with Crippen LogP contribution in [0, 0.1) is 5.92 Å². The van der Waals surface area contributed by atoms with Crippen LogP contribution in [0.2, 0.25) is 0 Å². The van der Waals surface area contributed by atoms with Gasteiger partial charge in [0.25, 0.3) is 0 Å². The van der Waals surface area contributed by atoms with Crippen LogP contribution in [0.5, 0.6) is 0 Å². The Morgan fingerprint density at radius 1 is 1.60 bits per heavy atom. The van der Waals surface area contributed by atoms with Gasteiger partial charge in [0.1, 0.15) is 0 Å². The molecule has 0 spiro atoms. The molecule has 1 aliphatic carbocycles. The average Bonchev–Trinajstić information content (AvgIpc) is 2.17. The van der Waals surface area contributed by atoms with E-state index in [0.29, 0.717) is 5.92 Å². The Morgan fingerprint density at radius 2 is 2.27 bits per heavy atom. The summed E-state index contributed by atoms with van der Waals surface area (Å²) >= 11 is 0. The zero-order valence-corrected chi connectivity index (χ0v) is 10.1. The van der Waals surface area contributed by atoms with Gasteiger partial charge in [-0.1, -0.05) is 31.2 Å². The molecular formula is C14H22O.